The molecule has 0 unspecified atom stereocenters. The Labute approximate surface area is 410 Å². The monoisotopic (exact) mass is 949 g/mol. The van der Waals surface area contributed by atoms with Gasteiger partial charge in [0.1, 0.15) is 11.7 Å². The quantitative estimate of drug-likeness (QED) is 0.147. The smallest absolute Gasteiger partial charge is 0.257 e. The van der Waals surface area contributed by atoms with Crippen molar-refractivity contribution in [2.45, 2.75) is 102 Å². The number of pyridine rings is 2. The maximum atomic E-state index is 13.8. The normalized spacial score (nSPS) is 22.4. The average Bonchev–Trinajstić information content (AvgIpc) is 3.80. The number of rotatable bonds is 11. The molecule has 70 heavy (non-hydrogen) atoms. The van der Waals surface area contributed by atoms with Crippen molar-refractivity contribution >= 4 is 46.0 Å². The van der Waals surface area contributed by atoms with E-state index in [0.29, 0.717) is 24.3 Å². The van der Waals surface area contributed by atoms with Crippen LogP contribution in [0.3, 0.4) is 0 Å². The lowest BCUT2D eigenvalue weighted by Gasteiger charge is -2.42. The third kappa shape index (κ3) is 8.96. The van der Waals surface area contributed by atoms with E-state index in [1.165, 1.54) is 11.3 Å². The summed E-state index contributed by atoms with van der Waals surface area (Å²) in [5, 5.41) is 6.42. The summed E-state index contributed by atoms with van der Waals surface area (Å²) in [5.41, 5.74) is 7.73. The van der Waals surface area contributed by atoms with E-state index >= 15 is 0 Å². The number of carbonyl (C=O) groups excluding carboxylic acids is 4. The van der Waals surface area contributed by atoms with Crippen molar-refractivity contribution in [2.24, 2.45) is 13.0 Å². The number of fused-ring (bicyclic) bond motifs is 2. The number of amides is 4. The number of piperidine rings is 3. The van der Waals surface area contributed by atoms with Crippen LogP contribution in [0, 0.1) is 5.92 Å². The fourth-order valence-corrected chi connectivity index (χ4v) is 12.1. The lowest BCUT2D eigenvalue weighted by atomic mass is 9.85. The molecule has 0 spiro atoms. The number of likely N-dealkylation sites (tertiary alicyclic amines) is 2. The lowest BCUT2D eigenvalue weighted by Crippen LogP contribution is -2.55. The molecular formula is C55H68N10O5. The van der Waals surface area contributed by atoms with E-state index in [-0.39, 0.29) is 35.7 Å². The predicted molar refractivity (Wildman–Crippen MR) is 272 cm³/mol. The van der Waals surface area contributed by atoms with E-state index in [1.807, 2.05) is 62.3 Å². The van der Waals surface area contributed by atoms with Gasteiger partial charge in [-0.3, -0.25) is 53.5 Å². The molecule has 0 bridgehead atoms. The van der Waals surface area contributed by atoms with Crippen molar-refractivity contribution in [3.63, 3.8) is 0 Å². The van der Waals surface area contributed by atoms with Gasteiger partial charge in [-0.25, -0.2) is 4.98 Å². The van der Waals surface area contributed by atoms with E-state index in [2.05, 4.69) is 81.1 Å². The van der Waals surface area contributed by atoms with Crippen LogP contribution in [0.15, 0.2) is 83.9 Å². The van der Waals surface area contributed by atoms with E-state index in [4.69, 9.17) is 4.98 Å². The minimum atomic E-state index is -0.762. The van der Waals surface area contributed by atoms with Crippen LogP contribution in [0.4, 0.5) is 11.4 Å². The number of benzene rings is 2. The standard InChI is InChI=1S/C55H68N10O5/c1-35-32-60(33-38-7-12-46-44(29-38)55(3,4)54(70)65(46)47-13-14-49(66)58-52(47)68)27-28-63(35)34-37-16-22-62(23-17-37)53(69)41-10-8-39(9-11-41)40-18-24-61(25-19-40)36(2)48-31-43-45(15-21-57-51(43)59(48)6)64-26-20-42(56-5)30-50(64)67/h7-12,15,20-21,26,29-31,35-37,40,47,56H,13-14,16-19,22-25,27-28,32-34H2,1-6H3,(H,58,66,68)/t35-,36-,47+/m0/s1. The van der Waals surface area contributed by atoms with E-state index < -0.39 is 17.4 Å². The second kappa shape index (κ2) is 19.2. The fourth-order valence-electron chi connectivity index (χ4n) is 12.1. The minimum Gasteiger partial charge on any atom is -0.388 e. The molecule has 4 fully saturated rings. The Bertz CT molecular complexity index is 2870. The van der Waals surface area contributed by atoms with Gasteiger partial charge in [0, 0.05) is 125 Å². The van der Waals surface area contributed by atoms with Crippen molar-refractivity contribution in [1.82, 2.24) is 39.0 Å². The first-order valence-corrected chi connectivity index (χ1v) is 25.4. The molecule has 15 heteroatoms. The number of aromatic nitrogens is 3. The molecule has 4 amide bonds. The van der Waals surface area contributed by atoms with Crippen LogP contribution in [0.2, 0.25) is 0 Å². The van der Waals surface area contributed by atoms with Crippen LogP contribution in [-0.4, -0.2) is 129 Å². The summed E-state index contributed by atoms with van der Waals surface area (Å²) >= 11 is 0. The van der Waals surface area contributed by atoms with Gasteiger partial charge in [-0.1, -0.05) is 24.3 Å². The van der Waals surface area contributed by atoms with Gasteiger partial charge in [0.05, 0.1) is 11.1 Å². The summed E-state index contributed by atoms with van der Waals surface area (Å²) in [5.74, 6) is 0.342. The zero-order valence-electron chi connectivity index (χ0n) is 41.6. The second-order valence-corrected chi connectivity index (χ2v) is 21.1. The highest BCUT2D eigenvalue weighted by Gasteiger charge is 2.49. The first kappa shape index (κ1) is 47.5. The Balaban J connectivity index is 0.681. The van der Waals surface area contributed by atoms with E-state index in [1.54, 1.807) is 21.7 Å². The molecule has 2 aromatic carbocycles. The first-order chi connectivity index (χ1) is 33.7. The Hall–Kier alpha value is -6.16. The van der Waals surface area contributed by atoms with Crippen molar-refractivity contribution < 1.29 is 19.2 Å². The van der Waals surface area contributed by atoms with Crippen molar-refractivity contribution in [3.05, 3.63) is 117 Å². The highest BCUT2D eigenvalue weighted by molar-refractivity contribution is 6.13. The molecule has 0 aliphatic carbocycles. The number of piperazine rings is 1. The predicted octanol–water partition coefficient (Wildman–Crippen LogP) is 6.19. The third-order valence-corrected chi connectivity index (χ3v) is 16.5. The molecule has 15 nitrogen and oxygen atoms in total. The largest absolute Gasteiger partial charge is 0.388 e. The van der Waals surface area contributed by atoms with Gasteiger partial charge >= 0.3 is 0 Å². The van der Waals surface area contributed by atoms with Crippen LogP contribution >= 0.6 is 0 Å². The number of nitrogens with zero attached hydrogens (tertiary/aromatic N) is 8. The van der Waals surface area contributed by atoms with Crippen LogP contribution in [-0.2, 0) is 33.4 Å². The number of nitrogens with one attached hydrogen (secondary N) is 2. The van der Waals surface area contributed by atoms with Gasteiger partial charge in [-0.2, -0.15) is 0 Å². The third-order valence-electron chi connectivity index (χ3n) is 16.5. The first-order valence-electron chi connectivity index (χ1n) is 25.4. The SMILES string of the molecule is CNc1ccn(-c2ccnc3c2cc([C@H](C)N2CCC(c4ccc(C(=O)N5CCC(CN6CCN(Cc7ccc8c(c7)C(C)(C)C(=O)N8[C@@H]7CCC(=O)NC7=O)C[C@@H]6C)CC5)cc4)CC2)n3C)c(=O)c1. The molecular weight excluding hydrogens is 881 g/mol. The number of hydrogen-bond acceptors (Lipinski definition) is 10. The number of aryl methyl sites for hydroxylation is 1. The maximum Gasteiger partial charge on any atom is 0.257 e. The van der Waals surface area contributed by atoms with Gasteiger partial charge in [-0.05, 0) is 138 Å². The average molecular weight is 949 g/mol. The van der Waals surface area contributed by atoms with Crippen LogP contribution < -0.4 is 21.1 Å². The summed E-state index contributed by atoms with van der Waals surface area (Å²) in [6.45, 7) is 16.7. The summed E-state index contributed by atoms with van der Waals surface area (Å²) in [7, 11) is 3.87. The zero-order chi connectivity index (χ0) is 49.0. The van der Waals surface area contributed by atoms with Gasteiger partial charge in [0.15, 0.2) is 0 Å². The van der Waals surface area contributed by atoms with Gasteiger partial charge in [0.2, 0.25) is 17.7 Å². The number of imide groups is 1. The zero-order valence-corrected chi connectivity index (χ0v) is 41.6. The van der Waals surface area contributed by atoms with E-state index in [9.17, 15) is 24.0 Å². The van der Waals surface area contributed by atoms with Crippen molar-refractivity contribution in [2.75, 3.05) is 69.6 Å². The molecule has 2 N–H and O–H groups in total. The fraction of sp³-hybridized carbons (Fsp3) is 0.491. The van der Waals surface area contributed by atoms with E-state index in [0.717, 1.165) is 129 Å². The minimum absolute atomic E-state index is 0.0903. The Morgan fingerprint density at radius 2 is 1.63 bits per heavy atom. The summed E-state index contributed by atoms with van der Waals surface area (Å²) < 4.78 is 3.85. The molecule has 0 saturated carbocycles. The molecule has 5 aliphatic rings. The number of hydrogen-bond donors (Lipinski definition) is 2. The Kier molecular flexibility index (Phi) is 13.0. The molecule has 5 aromatic rings. The lowest BCUT2D eigenvalue weighted by molar-refractivity contribution is -0.136. The van der Waals surface area contributed by atoms with Gasteiger partial charge in [0.25, 0.3) is 11.5 Å². The topological polar surface area (TPSA) is 148 Å². The van der Waals surface area contributed by atoms with Crippen molar-refractivity contribution in [1.29, 1.82) is 0 Å². The molecule has 3 atom stereocenters. The Morgan fingerprint density at radius 3 is 2.33 bits per heavy atom. The highest BCUT2D eigenvalue weighted by Crippen LogP contribution is 2.44. The van der Waals surface area contributed by atoms with Crippen LogP contribution in [0.25, 0.3) is 16.7 Å². The summed E-state index contributed by atoms with van der Waals surface area (Å²) in [6, 6.07) is 22.2. The Morgan fingerprint density at radius 1 is 0.871 bits per heavy atom. The second-order valence-electron chi connectivity index (χ2n) is 21.1. The molecule has 10 rings (SSSR count). The molecule has 368 valence electrons. The van der Waals surface area contributed by atoms with Crippen molar-refractivity contribution in [3.8, 4) is 5.69 Å². The highest BCUT2D eigenvalue weighted by atomic mass is 16.2. The van der Waals surface area contributed by atoms with Crippen LogP contribution in [0.5, 0.6) is 0 Å². The summed E-state index contributed by atoms with van der Waals surface area (Å²) in [6.07, 6.45) is 8.27. The van der Waals surface area contributed by atoms with Gasteiger partial charge in [-0.15, -0.1) is 0 Å². The molecule has 4 saturated heterocycles. The molecule has 0 radical (unpaired) electrons. The molecule has 5 aliphatic heterocycles. The number of anilines is 2. The van der Waals surface area contributed by atoms with Crippen LogP contribution in [0.1, 0.15) is 111 Å². The number of carbonyl (C=O) groups is 4. The molecule has 3 aromatic heterocycles. The summed E-state index contributed by atoms with van der Waals surface area (Å²) in [4.78, 5) is 81.1. The molecule has 8 heterocycles. The maximum absolute atomic E-state index is 13.8. The van der Waals surface area contributed by atoms with Gasteiger partial charge < -0.3 is 14.8 Å².